The molecule has 0 aliphatic carbocycles. The molecule has 0 fully saturated rings. The van der Waals surface area contributed by atoms with Crippen LogP contribution in [0.2, 0.25) is 10.0 Å². The third-order valence-corrected chi connectivity index (χ3v) is 2.30. The fraction of sp³-hybridized carbons (Fsp3) is 0.400. The summed E-state index contributed by atoms with van der Waals surface area (Å²) in [5.74, 6) is 0.635. The molecule has 0 radical (unpaired) electrons. The van der Waals surface area contributed by atoms with Crippen LogP contribution in [0.15, 0.2) is 18.2 Å². The van der Waals surface area contributed by atoms with E-state index >= 15 is 0 Å². The summed E-state index contributed by atoms with van der Waals surface area (Å²) in [5.41, 5.74) is 5.36. The zero-order valence-corrected chi connectivity index (χ0v) is 9.31. The molecule has 1 aromatic rings. The first kappa shape index (κ1) is 11.6. The van der Waals surface area contributed by atoms with Gasteiger partial charge in [-0.3, -0.25) is 0 Å². The highest BCUT2D eigenvalue weighted by Crippen LogP contribution is 2.27. The molecule has 0 aliphatic rings. The van der Waals surface area contributed by atoms with Crippen molar-refractivity contribution in [3.63, 3.8) is 0 Å². The molecule has 14 heavy (non-hydrogen) atoms. The van der Waals surface area contributed by atoms with E-state index in [4.69, 9.17) is 33.7 Å². The highest BCUT2D eigenvalue weighted by Gasteiger charge is 2.01. The number of hydrogen-bond acceptors (Lipinski definition) is 2. The van der Waals surface area contributed by atoms with Gasteiger partial charge >= 0.3 is 0 Å². The summed E-state index contributed by atoms with van der Waals surface area (Å²) in [6.45, 7) is 1.31. The predicted molar refractivity (Wildman–Crippen MR) is 60.2 cm³/mol. The van der Waals surface area contributed by atoms with Gasteiger partial charge in [0.05, 0.1) is 11.6 Å². The van der Waals surface area contributed by atoms with E-state index in [1.54, 1.807) is 18.2 Å². The second-order valence-corrected chi connectivity index (χ2v) is 3.76. The molecule has 0 unspecified atom stereocenters. The van der Waals surface area contributed by atoms with Crippen molar-refractivity contribution in [3.05, 3.63) is 28.2 Å². The molecule has 0 atom stereocenters. The van der Waals surface area contributed by atoms with Crippen molar-refractivity contribution in [2.75, 3.05) is 13.2 Å². The molecule has 0 saturated carbocycles. The minimum atomic E-state index is 0.585. The Morgan fingerprint density at radius 1 is 1.21 bits per heavy atom. The van der Waals surface area contributed by atoms with Gasteiger partial charge in [0.2, 0.25) is 0 Å². The highest BCUT2D eigenvalue weighted by molar-refractivity contribution is 6.34. The second-order valence-electron chi connectivity index (χ2n) is 2.92. The summed E-state index contributed by atoms with van der Waals surface area (Å²) in [7, 11) is 0. The smallest absolute Gasteiger partial charge is 0.139 e. The van der Waals surface area contributed by atoms with Gasteiger partial charge in [0.15, 0.2) is 0 Å². The van der Waals surface area contributed by atoms with Crippen LogP contribution in [0.1, 0.15) is 12.8 Å². The molecule has 2 nitrogen and oxygen atoms in total. The van der Waals surface area contributed by atoms with Crippen molar-refractivity contribution in [1.82, 2.24) is 0 Å². The van der Waals surface area contributed by atoms with E-state index in [9.17, 15) is 0 Å². The van der Waals surface area contributed by atoms with E-state index in [1.165, 1.54) is 0 Å². The standard InChI is InChI=1S/C10H13Cl2NO/c11-8-3-4-9(12)10(7-8)14-6-2-1-5-13/h3-4,7H,1-2,5-6,13H2. The van der Waals surface area contributed by atoms with E-state index in [-0.39, 0.29) is 0 Å². The Morgan fingerprint density at radius 2 is 2.00 bits per heavy atom. The highest BCUT2D eigenvalue weighted by atomic mass is 35.5. The molecule has 0 aliphatic heterocycles. The molecule has 0 bridgehead atoms. The maximum absolute atomic E-state index is 5.90. The van der Waals surface area contributed by atoms with Crippen LogP contribution >= 0.6 is 23.2 Å². The Balaban J connectivity index is 2.45. The number of ether oxygens (including phenoxy) is 1. The van der Waals surface area contributed by atoms with Gasteiger partial charge in [-0.25, -0.2) is 0 Å². The van der Waals surface area contributed by atoms with Crippen LogP contribution in [0.5, 0.6) is 5.75 Å². The second kappa shape index (κ2) is 6.12. The topological polar surface area (TPSA) is 35.2 Å². The summed E-state index contributed by atoms with van der Waals surface area (Å²) in [5, 5.41) is 1.21. The lowest BCUT2D eigenvalue weighted by atomic mass is 10.3. The molecule has 2 N–H and O–H groups in total. The molecule has 1 rings (SSSR count). The van der Waals surface area contributed by atoms with Crippen molar-refractivity contribution in [2.45, 2.75) is 12.8 Å². The van der Waals surface area contributed by atoms with E-state index in [2.05, 4.69) is 0 Å². The first-order valence-corrected chi connectivity index (χ1v) is 5.27. The molecular formula is C10H13Cl2NO. The predicted octanol–water partition coefficient (Wildman–Crippen LogP) is 3.11. The van der Waals surface area contributed by atoms with E-state index in [0.29, 0.717) is 28.9 Å². The molecule has 4 heteroatoms. The van der Waals surface area contributed by atoms with Gasteiger partial charge < -0.3 is 10.5 Å². The lowest BCUT2D eigenvalue weighted by Crippen LogP contribution is -2.03. The Bertz CT molecular complexity index is 291. The fourth-order valence-corrected chi connectivity index (χ4v) is 1.35. The number of unbranched alkanes of at least 4 members (excludes halogenated alkanes) is 1. The minimum Gasteiger partial charge on any atom is -0.492 e. The average molecular weight is 234 g/mol. The molecule has 78 valence electrons. The molecule has 0 aromatic heterocycles. The molecule has 0 spiro atoms. The first-order valence-electron chi connectivity index (χ1n) is 4.52. The summed E-state index contributed by atoms with van der Waals surface area (Å²) in [6.07, 6.45) is 1.89. The summed E-state index contributed by atoms with van der Waals surface area (Å²) in [4.78, 5) is 0. The fourth-order valence-electron chi connectivity index (χ4n) is 1.02. The SMILES string of the molecule is NCCCCOc1cc(Cl)ccc1Cl. The Hall–Kier alpha value is -0.440. The lowest BCUT2D eigenvalue weighted by molar-refractivity contribution is 0.308. The first-order chi connectivity index (χ1) is 6.74. The van der Waals surface area contributed by atoms with Crippen molar-refractivity contribution < 1.29 is 4.74 Å². The van der Waals surface area contributed by atoms with Crippen LogP contribution < -0.4 is 10.5 Å². The molecule has 0 amide bonds. The average Bonchev–Trinajstić information content (AvgIpc) is 2.18. The van der Waals surface area contributed by atoms with Gasteiger partial charge in [0.25, 0.3) is 0 Å². The third-order valence-electron chi connectivity index (χ3n) is 1.75. The van der Waals surface area contributed by atoms with Gasteiger partial charge in [-0.2, -0.15) is 0 Å². The number of hydrogen-bond donors (Lipinski definition) is 1. The molecular weight excluding hydrogens is 221 g/mol. The van der Waals surface area contributed by atoms with Crippen LogP contribution in [-0.2, 0) is 0 Å². The zero-order chi connectivity index (χ0) is 10.4. The summed E-state index contributed by atoms with van der Waals surface area (Å²) < 4.78 is 5.45. The minimum absolute atomic E-state index is 0.585. The Kier molecular flexibility index (Phi) is 5.09. The van der Waals surface area contributed by atoms with Gasteiger partial charge in [0.1, 0.15) is 5.75 Å². The number of rotatable bonds is 5. The van der Waals surface area contributed by atoms with E-state index in [1.807, 2.05) is 0 Å². The summed E-state index contributed by atoms with van der Waals surface area (Å²) >= 11 is 11.7. The van der Waals surface area contributed by atoms with Crippen LogP contribution in [-0.4, -0.2) is 13.2 Å². The largest absolute Gasteiger partial charge is 0.492 e. The number of nitrogens with two attached hydrogens (primary N) is 1. The molecule has 0 heterocycles. The van der Waals surface area contributed by atoms with Gasteiger partial charge in [-0.15, -0.1) is 0 Å². The normalized spacial score (nSPS) is 10.2. The van der Waals surface area contributed by atoms with Crippen molar-refractivity contribution in [3.8, 4) is 5.75 Å². The van der Waals surface area contributed by atoms with E-state index < -0.39 is 0 Å². The molecule has 0 saturated heterocycles. The lowest BCUT2D eigenvalue weighted by Gasteiger charge is -2.07. The van der Waals surface area contributed by atoms with Crippen LogP contribution in [0.3, 0.4) is 0 Å². The Labute approximate surface area is 94.0 Å². The quantitative estimate of drug-likeness (QED) is 0.794. The third kappa shape index (κ3) is 3.74. The molecule has 1 aromatic carbocycles. The van der Waals surface area contributed by atoms with E-state index in [0.717, 1.165) is 12.8 Å². The van der Waals surface area contributed by atoms with Crippen molar-refractivity contribution >= 4 is 23.2 Å². The van der Waals surface area contributed by atoms with Crippen molar-refractivity contribution in [1.29, 1.82) is 0 Å². The van der Waals surface area contributed by atoms with Gasteiger partial charge in [0, 0.05) is 11.1 Å². The van der Waals surface area contributed by atoms with Crippen LogP contribution in [0.25, 0.3) is 0 Å². The monoisotopic (exact) mass is 233 g/mol. The zero-order valence-electron chi connectivity index (χ0n) is 7.80. The van der Waals surface area contributed by atoms with Gasteiger partial charge in [-0.05, 0) is 31.5 Å². The van der Waals surface area contributed by atoms with Gasteiger partial charge in [-0.1, -0.05) is 23.2 Å². The van der Waals surface area contributed by atoms with Crippen molar-refractivity contribution in [2.24, 2.45) is 5.73 Å². The maximum atomic E-state index is 5.90. The summed E-state index contributed by atoms with van der Waals surface area (Å²) in [6, 6.07) is 5.17. The maximum Gasteiger partial charge on any atom is 0.139 e. The van der Waals surface area contributed by atoms with Crippen LogP contribution in [0, 0.1) is 0 Å². The van der Waals surface area contributed by atoms with Crippen LogP contribution in [0.4, 0.5) is 0 Å². The number of benzene rings is 1. The Morgan fingerprint density at radius 3 is 2.71 bits per heavy atom. The number of halogens is 2.